The second-order valence-electron chi connectivity index (χ2n) is 9.00. The van der Waals surface area contributed by atoms with Gasteiger partial charge in [-0.25, -0.2) is 0 Å². The number of nitrogens with zero attached hydrogens (tertiary/aromatic N) is 4. The molecule has 2 aliphatic heterocycles. The molecular formula is C25H39IN6O. The number of H-pyrrole nitrogens is 1. The molecule has 2 fully saturated rings. The second kappa shape index (κ2) is 13.2. The third-order valence-corrected chi connectivity index (χ3v) is 6.78. The van der Waals surface area contributed by atoms with E-state index in [1.807, 2.05) is 7.05 Å². The second-order valence-corrected chi connectivity index (χ2v) is 9.00. The number of amides is 1. The van der Waals surface area contributed by atoms with E-state index in [1.165, 1.54) is 29.3 Å². The number of benzene rings is 1. The Balaban J connectivity index is 0.00000306. The first kappa shape index (κ1) is 25.8. The Morgan fingerprint density at radius 1 is 1.00 bits per heavy atom. The van der Waals surface area contributed by atoms with Gasteiger partial charge in [0.1, 0.15) is 0 Å². The molecule has 0 spiro atoms. The van der Waals surface area contributed by atoms with E-state index < -0.39 is 0 Å². The summed E-state index contributed by atoms with van der Waals surface area (Å²) in [6, 6.07) is 8.48. The van der Waals surface area contributed by atoms with Crippen molar-refractivity contribution in [2.75, 3.05) is 59.4 Å². The lowest BCUT2D eigenvalue weighted by molar-refractivity contribution is -0.132. The van der Waals surface area contributed by atoms with E-state index in [2.05, 4.69) is 60.5 Å². The highest BCUT2D eigenvalue weighted by Gasteiger charge is 2.23. The van der Waals surface area contributed by atoms with Crippen LogP contribution in [0.15, 0.2) is 35.5 Å². The standard InChI is InChI=1S/C25H38N6O.HI/c1-26-25(27-12-8-9-21-19-28-23-11-5-4-10-22(21)23)31-17-15-29(16-18-31)20-24(32)30-13-6-2-3-7-14-30;/h4-5,10-11,19,28H,2-3,6-9,12-18,20H2,1H3,(H,26,27);1H. The van der Waals surface area contributed by atoms with Crippen molar-refractivity contribution >= 4 is 46.7 Å². The number of para-hydroxylation sites is 1. The van der Waals surface area contributed by atoms with E-state index >= 15 is 0 Å². The number of aromatic amines is 1. The third kappa shape index (κ3) is 7.09. The molecule has 1 amide bonds. The summed E-state index contributed by atoms with van der Waals surface area (Å²) in [6.07, 6.45) is 9.06. The summed E-state index contributed by atoms with van der Waals surface area (Å²) in [5.74, 6) is 1.28. The van der Waals surface area contributed by atoms with Crippen molar-refractivity contribution in [1.29, 1.82) is 0 Å². The Morgan fingerprint density at radius 2 is 1.73 bits per heavy atom. The molecule has 0 saturated carbocycles. The van der Waals surface area contributed by atoms with Crippen LogP contribution in [0.5, 0.6) is 0 Å². The number of aliphatic imine (C=N–C) groups is 1. The zero-order chi connectivity index (χ0) is 22.2. The highest BCUT2D eigenvalue weighted by atomic mass is 127. The molecule has 2 saturated heterocycles. The maximum absolute atomic E-state index is 12.7. The lowest BCUT2D eigenvalue weighted by atomic mass is 10.1. The summed E-state index contributed by atoms with van der Waals surface area (Å²) in [4.78, 5) is 27.2. The fraction of sp³-hybridized carbons (Fsp3) is 0.600. The minimum atomic E-state index is 0. The fourth-order valence-corrected chi connectivity index (χ4v) is 4.88. The monoisotopic (exact) mass is 566 g/mol. The molecule has 0 radical (unpaired) electrons. The summed E-state index contributed by atoms with van der Waals surface area (Å²) in [6.45, 7) is 6.99. The number of hydrogen-bond acceptors (Lipinski definition) is 3. The minimum Gasteiger partial charge on any atom is -0.361 e. The van der Waals surface area contributed by atoms with Crippen LogP contribution in [0.25, 0.3) is 10.9 Å². The molecule has 0 atom stereocenters. The first-order valence-electron chi connectivity index (χ1n) is 12.3. The molecule has 3 heterocycles. The quantitative estimate of drug-likeness (QED) is 0.244. The third-order valence-electron chi connectivity index (χ3n) is 6.78. The number of carbonyl (C=O) groups is 1. The maximum Gasteiger partial charge on any atom is 0.236 e. The van der Waals surface area contributed by atoms with Crippen LogP contribution in [0.2, 0.25) is 0 Å². The molecule has 7 nitrogen and oxygen atoms in total. The average molecular weight is 567 g/mol. The van der Waals surface area contributed by atoms with Gasteiger partial charge in [-0.1, -0.05) is 31.0 Å². The molecule has 0 aliphatic carbocycles. The Hall–Kier alpha value is -1.81. The number of hydrogen-bond donors (Lipinski definition) is 2. The van der Waals surface area contributed by atoms with E-state index in [4.69, 9.17) is 0 Å². The molecule has 1 aromatic heterocycles. The van der Waals surface area contributed by atoms with Gasteiger partial charge in [-0.3, -0.25) is 14.7 Å². The van der Waals surface area contributed by atoms with Crippen molar-refractivity contribution < 1.29 is 4.79 Å². The number of halogens is 1. The molecular weight excluding hydrogens is 527 g/mol. The first-order chi connectivity index (χ1) is 15.7. The van der Waals surface area contributed by atoms with Gasteiger partial charge in [0.2, 0.25) is 5.91 Å². The van der Waals surface area contributed by atoms with Crippen molar-refractivity contribution in [2.45, 2.75) is 38.5 Å². The number of rotatable bonds is 6. The molecule has 1 aromatic carbocycles. The Kier molecular flexibility index (Phi) is 10.3. The Labute approximate surface area is 215 Å². The summed E-state index contributed by atoms with van der Waals surface area (Å²) < 4.78 is 0. The molecule has 4 rings (SSSR count). The molecule has 182 valence electrons. The van der Waals surface area contributed by atoms with Gasteiger partial charge in [-0.05, 0) is 37.3 Å². The van der Waals surface area contributed by atoms with Crippen molar-refractivity contribution in [3.05, 3.63) is 36.0 Å². The van der Waals surface area contributed by atoms with Crippen LogP contribution in [0.3, 0.4) is 0 Å². The van der Waals surface area contributed by atoms with Gasteiger partial charge >= 0.3 is 0 Å². The number of aromatic nitrogens is 1. The van der Waals surface area contributed by atoms with Crippen LogP contribution < -0.4 is 5.32 Å². The van der Waals surface area contributed by atoms with Crippen LogP contribution in [0, 0.1) is 0 Å². The zero-order valence-corrected chi connectivity index (χ0v) is 22.2. The topological polar surface area (TPSA) is 67.0 Å². The van der Waals surface area contributed by atoms with Gasteiger partial charge in [0.05, 0.1) is 6.54 Å². The van der Waals surface area contributed by atoms with E-state index in [0.717, 1.165) is 77.5 Å². The summed E-state index contributed by atoms with van der Waals surface area (Å²) >= 11 is 0. The van der Waals surface area contributed by atoms with Crippen LogP contribution in [-0.4, -0.2) is 91.0 Å². The molecule has 2 aromatic rings. The van der Waals surface area contributed by atoms with Crippen LogP contribution >= 0.6 is 24.0 Å². The fourth-order valence-electron chi connectivity index (χ4n) is 4.88. The maximum atomic E-state index is 12.7. The number of likely N-dealkylation sites (tertiary alicyclic amines) is 1. The van der Waals surface area contributed by atoms with E-state index in [1.54, 1.807) is 0 Å². The number of piperazine rings is 1. The number of aryl methyl sites for hydroxylation is 1. The van der Waals surface area contributed by atoms with Crippen LogP contribution in [-0.2, 0) is 11.2 Å². The van der Waals surface area contributed by atoms with E-state index in [-0.39, 0.29) is 24.0 Å². The van der Waals surface area contributed by atoms with Gasteiger partial charge in [-0.2, -0.15) is 0 Å². The number of nitrogens with one attached hydrogen (secondary N) is 2. The largest absolute Gasteiger partial charge is 0.361 e. The molecule has 2 N–H and O–H groups in total. The van der Waals surface area contributed by atoms with Gasteiger partial charge in [0.15, 0.2) is 5.96 Å². The molecule has 8 heteroatoms. The molecule has 0 unspecified atom stereocenters. The zero-order valence-electron chi connectivity index (χ0n) is 19.9. The van der Waals surface area contributed by atoms with Crippen molar-refractivity contribution in [1.82, 2.24) is 25.0 Å². The highest BCUT2D eigenvalue weighted by Crippen LogP contribution is 2.18. The normalized spacial score (nSPS) is 18.2. The highest BCUT2D eigenvalue weighted by molar-refractivity contribution is 14.0. The van der Waals surface area contributed by atoms with Gasteiger partial charge in [0.25, 0.3) is 0 Å². The molecule has 33 heavy (non-hydrogen) atoms. The first-order valence-corrected chi connectivity index (χ1v) is 12.3. The SMILES string of the molecule is CN=C(NCCCc1c[nH]c2ccccc12)N1CCN(CC(=O)N2CCCCCC2)CC1.I. The lowest BCUT2D eigenvalue weighted by Crippen LogP contribution is -2.54. The molecule has 2 aliphatic rings. The predicted molar refractivity (Wildman–Crippen MR) is 146 cm³/mol. The number of carbonyl (C=O) groups excluding carboxylic acids is 1. The van der Waals surface area contributed by atoms with Crippen molar-refractivity contribution in [2.24, 2.45) is 4.99 Å². The number of fused-ring (bicyclic) bond motifs is 1. The Bertz CT molecular complexity index is 897. The minimum absolute atomic E-state index is 0. The Morgan fingerprint density at radius 3 is 2.45 bits per heavy atom. The summed E-state index contributed by atoms with van der Waals surface area (Å²) in [7, 11) is 1.86. The predicted octanol–water partition coefficient (Wildman–Crippen LogP) is 3.31. The van der Waals surface area contributed by atoms with Gasteiger partial charge in [0, 0.05) is 70.0 Å². The van der Waals surface area contributed by atoms with Crippen LogP contribution in [0.1, 0.15) is 37.7 Å². The van der Waals surface area contributed by atoms with Crippen LogP contribution in [0.4, 0.5) is 0 Å². The summed E-state index contributed by atoms with van der Waals surface area (Å²) in [5.41, 5.74) is 2.58. The summed E-state index contributed by atoms with van der Waals surface area (Å²) in [5, 5.41) is 4.86. The van der Waals surface area contributed by atoms with E-state index in [0.29, 0.717) is 12.5 Å². The van der Waals surface area contributed by atoms with Gasteiger partial charge in [-0.15, -0.1) is 24.0 Å². The smallest absolute Gasteiger partial charge is 0.236 e. The van der Waals surface area contributed by atoms with E-state index in [9.17, 15) is 4.79 Å². The lowest BCUT2D eigenvalue weighted by Gasteiger charge is -2.37. The van der Waals surface area contributed by atoms with Gasteiger partial charge < -0.3 is 20.1 Å². The average Bonchev–Trinajstić information content (AvgIpc) is 3.03. The van der Waals surface area contributed by atoms with Crippen molar-refractivity contribution in [3.63, 3.8) is 0 Å². The number of guanidine groups is 1. The molecule has 0 bridgehead atoms. The van der Waals surface area contributed by atoms with Crippen molar-refractivity contribution in [3.8, 4) is 0 Å².